The van der Waals surface area contributed by atoms with Crippen molar-refractivity contribution in [3.63, 3.8) is 0 Å². The number of nitrogens with one attached hydrogen (secondary N) is 2. The Morgan fingerprint density at radius 1 is 1.11 bits per heavy atom. The molecule has 7 nitrogen and oxygen atoms in total. The van der Waals surface area contributed by atoms with E-state index in [-0.39, 0.29) is 30.5 Å². The van der Waals surface area contributed by atoms with Crippen LogP contribution in [0.2, 0.25) is 0 Å². The summed E-state index contributed by atoms with van der Waals surface area (Å²) in [6, 6.07) is 7.82. The number of nitrogens with zero attached hydrogens (tertiary/aromatic N) is 4. The zero-order valence-electron chi connectivity index (χ0n) is 20.5. The van der Waals surface area contributed by atoms with Gasteiger partial charge in [0, 0.05) is 62.1 Å². The predicted octanol–water partition coefficient (Wildman–Crippen LogP) is 4.47. The van der Waals surface area contributed by atoms with Gasteiger partial charge in [0.05, 0.1) is 12.1 Å². The molecule has 1 saturated heterocycles. The molecular weight excluding hydrogens is 486 g/mol. The molecule has 36 heavy (non-hydrogen) atoms. The van der Waals surface area contributed by atoms with Gasteiger partial charge < -0.3 is 20.3 Å². The van der Waals surface area contributed by atoms with E-state index in [9.17, 15) is 13.9 Å². The van der Waals surface area contributed by atoms with E-state index < -0.39 is 12.5 Å². The molecule has 0 radical (unpaired) electrons. The van der Waals surface area contributed by atoms with Crippen LogP contribution in [-0.4, -0.2) is 69.3 Å². The van der Waals surface area contributed by atoms with Crippen LogP contribution >= 0.6 is 12.4 Å². The summed E-state index contributed by atoms with van der Waals surface area (Å²) in [6.07, 6.45) is 4.31. The first kappa shape index (κ1) is 26.7. The molecule has 0 amide bonds. The Labute approximate surface area is 216 Å². The molecule has 1 atom stereocenters. The second kappa shape index (κ2) is 11.8. The first-order chi connectivity index (χ1) is 17.0. The summed E-state index contributed by atoms with van der Waals surface area (Å²) >= 11 is 0. The lowest BCUT2D eigenvalue weighted by atomic mass is 9.93. The van der Waals surface area contributed by atoms with Crippen LogP contribution < -0.4 is 10.6 Å². The standard InChI is InChI=1S/C26H34F2N6O.ClH/c1-17(24(27)28)31-26-30-14-22-23(16-34(25(22)32-26)20-6-8-21(35)9-7-20)19-4-2-18(3-5-19)15-33-12-10-29-11-13-33;/h2-5,14,16-17,20-21,24,29,35H,6-13,15H2,1H3,(H,30,31,32);1H/t17-,20-,21-;/m0./s1. The van der Waals surface area contributed by atoms with E-state index in [2.05, 4.69) is 60.5 Å². The highest BCUT2D eigenvalue weighted by Gasteiger charge is 2.25. The average Bonchev–Trinajstić information content (AvgIpc) is 3.24. The number of rotatable bonds is 7. The summed E-state index contributed by atoms with van der Waals surface area (Å²) in [7, 11) is 0. The van der Waals surface area contributed by atoms with Crippen LogP contribution in [0.1, 0.15) is 44.2 Å². The lowest BCUT2D eigenvalue weighted by Crippen LogP contribution is -2.42. The van der Waals surface area contributed by atoms with Gasteiger partial charge in [0.2, 0.25) is 5.95 Å². The number of aliphatic hydroxyl groups excluding tert-OH is 1. The van der Waals surface area contributed by atoms with Gasteiger partial charge in [-0.1, -0.05) is 24.3 Å². The summed E-state index contributed by atoms with van der Waals surface area (Å²) in [5.41, 5.74) is 4.14. The molecule has 10 heteroatoms. The zero-order valence-corrected chi connectivity index (χ0v) is 21.4. The van der Waals surface area contributed by atoms with Crippen molar-refractivity contribution in [2.24, 2.45) is 0 Å². The number of aliphatic hydroxyl groups is 1. The van der Waals surface area contributed by atoms with Crippen molar-refractivity contribution in [3.05, 3.63) is 42.2 Å². The molecule has 2 fully saturated rings. The minimum Gasteiger partial charge on any atom is -0.393 e. The molecule has 2 aliphatic rings. The van der Waals surface area contributed by atoms with Crippen molar-refractivity contribution in [2.45, 2.75) is 63.8 Å². The van der Waals surface area contributed by atoms with Gasteiger partial charge in [0.15, 0.2) is 0 Å². The monoisotopic (exact) mass is 520 g/mol. The molecule has 0 spiro atoms. The van der Waals surface area contributed by atoms with E-state index >= 15 is 0 Å². The van der Waals surface area contributed by atoms with Gasteiger partial charge in [-0.05, 0) is 43.7 Å². The number of aromatic nitrogens is 3. The number of alkyl halides is 2. The summed E-state index contributed by atoms with van der Waals surface area (Å²) in [5, 5.41) is 17.0. The highest BCUT2D eigenvalue weighted by Crippen LogP contribution is 2.37. The minimum atomic E-state index is -2.50. The molecular formula is C26H35ClF2N6O. The lowest BCUT2D eigenvalue weighted by Gasteiger charge is -2.27. The molecule has 5 rings (SSSR count). The van der Waals surface area contributed by atoms with Gasteiger partial charge in [0.25, 0.3) is 6.43 Å². The third kappa shape index (κ3) is 5.96. The number of piperazine rings is 1. The second-order valence-electron chi connectivity index (χ2n) is 9.83. The maximum atomic E-state index is 13.1. The molecule has 1 aliphatic carbocycles. The van der Waals surface area contributed by atoms with Crippen molar-refractivity contribution >= 4 is 29.4 Å². The third-order valence-corrected chi connectivity index (χ3v) is 7.25. The van der Waals surface area contributed by atoms with E-state index in [1.165, 1.54) is 12.5 Å². The normalized spacial score (nSPS) is 21.9. The number of hydrogen-bond acceptors (Lipinski definition) is 6. The van der Waals surface area contributed by atoms with E-state index in [0.717, 1.165) is 80.6 Å². The van der Waals surface area contributed by atoms with Crippen molar-refractivity contribution in [1.29, 1.82) is 0 Å². The third-order valence-electron chi connectivity index (χ3n) is 7.25. The van der Waals surface area contributed by atoms with E-state index in [4.69, 9.17) is 0 Å². The molecule has 2 aromatic heterocycles. The first-order valence-corrected chi connectivity index (χ1v) is 12.6. The molecule has 1 aliphatic heterocycles. The molecule has 3 aromatic rings. The van der Waals surface area contributed by atoms with Crippen molar-refractivity contribution < 1.29 is 13.9 Å². The topological polar surface area (TPSA) is 78.2 Å². The van der Waals surface area contributed by atoms with Crippen LogP contribution in [0, 0.1) is 0 Å². The minimum absolute atomic E-state index is 0. The Kier molecular flexibility index (Phi) is 8.77. The van der Waals surface area contributed by atoms with Crippen molar-refractivity contribution in [2.75, 3.05) is 31.5 Å². The molecule has 0 unspecified atom stereocenters. The van der Waals surface area contributed by atoms with Gasteiger partial charge in [-0.15, -0.1) is 12.4 Å². The Bertz CT molecular complexity index is 1130. The van der Waals surface area contributed by atoms with Crippen LogP contribution in [0.25, 0.3) is 22.2 Å². The van der Waals surface area contributed by atoms with Crippen molar-refractivity contribution in [3.8, 4) is 11.1 Å². The zero-order chi connectivity index (χ0) is 24.4. The number of benzene rings is 1. The molecule has 3 heterocycles. The SMILES string of the molecule is C[C@H](Nc1ncc2c(-c3ccc(CN4CCNCC4)cc3)cn([C@H]3CC[C@H](O)CC3)c2n1)C(F)F.Cl. The van der Waals surface area contributed by atoms with Crippen LogP contribution in [-0.2, 0) is 6.54 Å². The fourth-order valence-corrected chi connectivity index (χ4v) is 5.13. The van der Waals surface area contributed by atoms with Crippen LogP contribution in [0.15, 0.2) is 36.7 Å². The maximum absolute atomic E-state index is 13.1. The summed E-state index contributed by atoms with van der Waals surface area (Å²) in [6.45, 7) is 6.54. The molecule has 1 aromatic carbocycles. The van der Waals surface area contributed by atoms with Crippen LogP contribution in [0.3, 0.4) is 0 Å². The summed E-state index contributed by atoms with van der Waals surface area (Å²) < 4.78 is 28.3. The van der Waals surface area contributed by atoms with Gasteiger partial charge >= 0.3 is 0 Å². The Morgan fingerprint density at radius 3 is 2.47 bits per heavy atom. The number of anilines is 1. The van der Waals surface area contributed by atoms with Gasteiger partial charge in [0.1, 0.15) is 5.65 Å². The second-order valence-corrected chi connectivity index (χ2v) is 9.83. The average molecular weight is 521 g/mol. The van der Waals surface area contributed by atoms with Crippen LogP contribution in [0.4, 0.5) is 14.7 Å². The Morgan fingerprint density at radius 2 is 1.81 bits per heavy atom. The highest BCUT2D eigenvalue weighted by atomic mass is 35.5. The van der Waals surface area contributed by atoms with Crippen molar-refractivity contribution in [1.82, 2.24) is 24.8 Å². The summed E-state index contributed by atoms with van der Waals surface area (Å²) in [5.74, 6) is 0.207. The molecule has 1 saturated carbocycles. The molecule has 196 valence electrons. The Balaban J connectivity index is 0.00000304. The molecule has 3 N–H and O–H groups in total. The fraction of sp³-hybridized carbons (Fsp3) is 0.538. The van der Waals surface area contributed by atoms with E-state index in [1.807, 2.05) is 0 Å². The smallest absolute Gasteiger partial charge is 0.258 e. The number of halogens is 3. The largest absolute Gasteiger partial charge is 0.393 e. The summed E-state index contributed by atoms with van der Waals surface area (Å²) in [4.78, 5) is 11.5. The molecule has 0 bridgehead atoms. The fourth-order valence-electron chi connectivity index (χ4n) is 5.13. The highest BCUT2D eigenvalue weighted by molar-refractivity contribution is 5.94. The van der Waals surface area contributed by atoms with Gasteiger partial charge in [-0.2, -0.15) is 4.98 Å². The van der Waals surface area contributed by atoms with E-state index in [0.29, 0.717) is 0 Å². The quantitative estimate of drug-likeness (QED) is 0.427. The van der Waals surface area contributed by atoms with E-state index in [1.54, 1.807) is 6.20 Å². The predicted molar refractivity (Wildman–Crippen MR) is 141 cm³/mol. The van der Waals surface area contributed by atoms with Crippen LogP contribution in [0.5, 0.6) is 0 Å². The lowest BCUT2D eigenvalue weighted by molar-refractivity contribution is 0.111. The number of fused-ring (bicyclic) bond motifs is 1. The Hall–Kier alpha value is -2.33. The van der Waals surface area contributed by atoms with Gasteiger partial charge in [-0.25, -0.2) is 13.8 Å². The maximum Gasteiger partial charge on any atom is 0.258 e. The van der Waals surface area contributed by atoms with Gasteiger partial charge in [-0.3, -0.25) is 4.90 Å². The number of hydrogen-bond donors (Lipinski definition) is 3. The first-order valence-electron chi connectivity index (χ1n) is 12.6.